The van der Waals surface area contributed by atoms with E-state index in [1.54, 1.807) is 6.92 Å². The minimum atomic E-state index is -0.508. The summed E-state index contributed by atoms with van der Waals surface area (Å²) < 4.78 is 14.9. The Morgan fingerprint density at radius 2 is 1.92 bits per heavy atom. The van der Waals surface area contributed by atoms with Crippen molar-refractivity contribution in [2.24, 2.45) is 0 Å². The molecule has 0 bridgehead atoms. The first-order chi connectivity index (χ1) is 12.5. The summed E-state index contributed by atoms with van der Waals surface area (Å²) in [6.07, 6.45) is 4.25. The third kappa shape index (κ3) is 4.40. The molecule has 0 aliphatic carbocycles. The van der Waals surface area contributed by atoms with Crippen LogP contribution in [-0.4, -0.2) is 31.8 Å². The topological polar surface area (TPSA) is 88.9 Å². The predicted octanol–water partition coefficient (Wildman–Crippen LogP) is 2.09. The molecule has 2 N–H and O–H groups in total. The average molecular weight is 377 g/mol. The SMILES string of the molecule is CC(Sc1nnc2n1CCCCC2)C(=O)NNC(=O)c1ccc(F)cc1. The van der Waals surface area contributed by atoms with E-state index < -0.39 is 17.0 Å². The van der Waals surface area contributed by atoms with Gasteiger partial charge in [-0.1, -0.05) is 18.2 Å². The van der Waals surface area contributed by atoms with E-state index in [0.717, 1.165) is 36.8 Å². The zero-order valence-corrected chi connectivity index (χ0v) is 15.2. The van der Waals surface area contributed by atoms with Crippen molar-refractivity contribution in [3.05, 3.63) is 41.5 Å². The fraction of sp³-hybridized carbons (Fsp3) is 0.412. The fourth-order valence-corrected chi connectivity index (χ4v) is 3.54. The Morgan fingerprint density at radius 3 is 2.69 bits per heavy atom. The molecule has 1 aliphatic heterocycles. The van der Waals surface area contributed by atoms with E-state index in [-0.39, 0.29) is 11.5 Å². The lowest BCUT2D eigenvalue weighted by Crippen LogP contribution is -2.45. The maximum atomic E-state index is 12.9. The van der Waals surface area contributed by atoms with Gasteiger partial charge in [0.05, 0.1) is 5.25 Å². The lowest BCUT2D eigenvalue weighted by molar-refractivity contribution is -0.121. The van der Waals surface area contributed by atoms with Crippen LogP contribution in [0.2, 0.25) is 0 Å². The number of thioether (sulfide) groups is 1. The second kappa shape index (κ2) is 8.31. The standard InChI is InChI=1S/C17H20FN5O2S/c1-11(26-17-22-19-14-5-3-2-4-10-23(14)17)15(24)20-21-16(25)12-6-8-13(18)9-7-12/h6-9,11H,2-5,10H2,1H3,(H,20,24)(H,21,25). The highest BCUT2D eigenvalue weighted by atomic mass is 32.2. The Labute approximate surface area is 154 Å². The number of rotatable bonds is 4. The highest BCUT2D eigenvalue weighted by molar-refractivity contribution is 8.00. The Bertz CT molecular complexity index is 793. The highest BCUT2D eigenvalue weighted by Crippen LogP contribution is 2.25. The molecule has 1 unspecified atom stereocenters. The second-order valence-corrected chi connectivity index (χ2v) is 7.38. The van der Waals surface area contributed by atoms with Crippen LogP contribution in [0.1, 0.15) is 42.4 Å². The van der Waals surface area contributed by atoms with Crippen LogP contribution in [0, 0.1) is 5.82 Å². The molecule has 9 heteroatoms. The minimum Gasteiger partial charge on any atom is -0.306 e. The quantitative estimate of drug-likeness (QED) is 0.629. The summed E-state index contributed by atoms with van der Waals surface area (Å²) in [5, 5.41) is 8.65. The van der Waals surface area contributed by atoms with Gasteiger partial charge in [0, 0.05) is 18.5 Å². The number of halogens is 1. The molecule has 2 aromatic rings. The summed E-state index contributed by atoms with van der Waals surface area (Å²) >= 11 is 1.31. The van der Waals surface area contributed by atoms with Crippen molar-refractivity contribution in [2.45, 2.75) is 49.6 Å². The number of hydrazine groups is 1. The van der Waals surface area contributed by atoms with E-state index in [9.17, 15) is 14.0 Å². The van der Waals surface area contributed by atoms with Gasteiger partial charge in [-0.25, -0.2) is 4.39 Å². The zero-order valence-electron chi connectivity index (χ0n) is 14.4. The van der Waals surface area contributed by atoms with Gasteiger partial charge in [0.2, 0.25) is 0 Å². The van der Waals surface area contributed by atoms with E-state index >= 15 is 0 Å². The number of hydrogen-bond acceptors (Lipinski definition) is 5. The Morgan fingerprint density at radius 1 is 1.15 bits per heavy atom. The lowest BCUT2D eigenvalue weighted by Gasteiger charge is -2.13. The maximum absolute atomic E-state index is 12.9. The van der Waals surface area contributed by atoms with Crippen molar-refractivity contribution in [2.75, 3.05) is 0 Å². The van der Waals surface area contributed by atoms with Gasteiger partial charge >= 0.3 is 0 Å². The van der Waals surface area contributed by atoms with Crippen molar-refractivity contribution < 1.29 is 14.0 Å². The molecular formula is C17H20FN5O2S. The molecular weight excluding hydrogens is 357 g/mol. The second-order valence-electron chi connectivity index (χ2n) is 6.07. The number of hydrogen-bond donors (Lipinski definition) is 2. The summed E-state index contributed by atoms with van der Waals surface area (Å²) in [7, 11) is 0. The molecule has 2 heterocycles. The average Bonchev–Trinajstić information content (AvgIpc) is 2.86. The normalized spacial score (nSPS) is 14.8. The summed E-state index contributed by atoms with van der Waals surface area (Å²) in [5.41, 5.74) is 4.98. The number of nitrogens with one attached hydrogen (secondary N) is 2. The van der Waals surface area contributed by atoms with Crippen molar-refractivity contribution in [1.82, 2.24) is 25.6 Å². The van der Waals surface area contributed by atoms with Gasteiger partial charge in [-0.2, -0.15) is 0 Å². The molecule has 3 rings (SSSR count). The number of fused-ring (bicyclic) bond motifs is 1. The first-order valence-electron chi connectivity index (χ1n) is 8.49. The van der Waals surface area contributed by atoms with Crippen LogP contribution in [0.5, 0.6) is 0 Å². The summed E-state index contributed by atoms with van der Waals surface area (Å²) in [4.78, 5) is 24.2. The molecule has 7 nitrogen and oxygen atoms in total. The van der Waals surface area contributed by atoms with Crippen LogP contribution in [0.3, 0.4) is 0 Å². The van der Waals surface area contributed by atoms with Crippen molar-refractivity contribution >= 4 is 23.6 Å². The largest absolute Gasteiger partial charge is 0.306 e. The van der Waals surface area contributed by atoms with E-state index in [4.69, 9.17) is 0 Å². The number of carbonyl (C=O) groups is 2. The number of amides is 2. The molecule has 0 fully saturated rings. The van der Waals surface area contributed by atoms with Gasteiger partial charge in [0.1, 0.15) is 11.6 Å². The number of aryl methyl sites for hydroxylation is 1. The number of benzene rings is 1. The third-order valence-electron chi connectivity index (χ3n) is 4.13. The van der Waals surface area contributed by atoms with Gasteiger partial charge in [-0.3, -0.25) is 20.4 Å². The molecule has 0 radical (unpaired) electrons. The van der Waals surface area contributed by atoms with E-state index in [1.165, 1.54) is 42.4 Å². The third-order valence-corrected chi connectivity index (χ3v) is 5.21. The molecule has 138 valence electrons. The van der Waals surface area contributed by atoms with Gasteiger partial charge < -0.3 is 4.57 Å². The van der Waals surface area contributed by atoms with Crippen molar-refractivity contribution in [3.63, 3.8) is 0 Å². The van der Waals surface area contributed by atoms with Crippen LogP contribution < -0.4 is 10.9 Å². The molecule has 0 spiro atoms. The monoisotopic (exact) mass is 377 g/mol. The lowest BCUT2D eigenvalue weighted by atomic mass is 10.2. The smallest absolute Gasteiger partial charge is 0.269 e. The number of nitrogens with zero attached hydrogens (tertiary/aromatic N) is 3. The van der Waals surface area contributed by atoms with Gasteiger partial charge in [-0.05, 0) is 44.0 Å². The zero-order chi connectivity index (χ0) is 18.5. The summed E-state index contributed by atoms with van der Waals surface area (Å²) in [6, 6.07) is 5.07. The molecule has 1 atom stereocenters. The molecule has 1 aromatic heterocycles. The Hall–Kier alpha value is -2.42. The van der Waals surface area contributed by atoms with E-state index in [0.29, 0.717) is 0 Å². The molecule has 26 heavy (non-hydrogen) atoms. The van der Waals surface area contributed by atoms with Crippen LogP contribution in [-0.2, 0) is 17.8 Å². The van der Waals surface area contributed by atoms with Crippen LogP contribution in [0.15, 0.2) is 29.4 Å². The van der Waals surface area contributed by atoms with Gasteiger partial charge in [0.15, 0.2) is 5.16 Å². The molecule has 0 saturated heterocycles. The molecule has 1 aromatic carbocycles. The minimum absolute atomic E-state index is 0.259. The maximum Gasteiger partial charge on any atom is 0.269 e. The molecule has 0 saturated carbocycles. The van der Waals surface area contributed by atoms with E-state index in [2.05, 4.69) is 25.6 Å². The predicted molar refractivity (Wildman–Crippen MR) is 94.9 cm³/mol. The summed E-state index contributed by atoms with van der Waals surface area (Å²) in [5.74, 6) is -0.325. The summed E-state index contributed by atoms with van der Waals surface area (Å²) in [6.45, 7) is 2.60. The van der Waals surface area contributed by atoms with E-state index in [1.807, 2.05) is 0 Å². The highest BCUT2D eigenvalue weighted by Gasteiger charge is 2.21. The van der Waals surface area contributed by atoms with Gasteiger partial charge in [-0.15, -0.1) is 10.2 Å². The van der Waals surface area contributed by atoms with Crippen molar-refractivity contribution in [3.8, 4) is 0 Å². The first-order valence-corrected chi connectivity index (χ1v) is 9.37. The Balaban J connectivity index is 1.54. The number of carbonyl (C=O) groups excluding carboxylic acids is 2. The molecule has 2 amide bonds. The van der Waals surface area contributed by atoms with Crippen LogP contribution in [0.4, 0.5) is 4.39 Å². The Kier molecular flexibility index (Phi) is 5.87. The van der Waals surface area contributed by atoms with Crippen LogP contribution in [0.25, 0.3) is 0 Å². The first kappa shape index (κ1) is 18.4. The van der Waals surface area contributed by atoms with Crippen LogP contribution >= 0.6 is 11.8 Å². The van der Waals surface area contributed by atoms with Gasteiger partial charge in [0.25, 0.3) is 11.8 Å². The molecule has 1 aliphatic rings. The number of aromatic nitrogens is 3. The fourth-order valence-electron chi connectivity index (χ4n) is 2.65. The van der Waals surface area contributed by atoms with Crippen molar-refractivity contribution in [1.29, 1.82) is 0 Å².